The van der Waals surface area contributed by atoms with Crippen molar-refractivity contribution >= 4 is 11.7 Å². The Kier molecular flexibility index (Phi) is 12.8. The largest absolute Gasteiger partial charge is 0.519 e. The fraction of sp³-hybridized carbons (Fsp3) is 0.632. The first kappa shape index (κ1) is 26.8. The standard InChI is InChI=1S/C13H19FN4O.C5H10.CHF3O/c1-3-5-10-11(14)12(16-8-15-10)17-9(2)13(19)18-6-4-7-18;1-3-5-4-2;2-1(3,4)5/h8-9H,3-7H2,1-2H3,(H,15,16,17);3,5H,4H2,1-2H3;5H/b;5-3+;/t9-;;/m1../s1. The van der Waals surface area contributed by atoms with Crippen LogP contribution in [0.3, 0.4) is 0 Å². The van der Waals surface area contributed by atoms with Crippen molar-refractivity contribution in [3.05, 3.63) is 30.0 Å². The molecule has 1 fully saturated rings. The van der Waals surface area contributed by atoms with Gasteiger partial charge in [0, 0.05) is 13.1 Å². The summed E-state index contributed by atoms with van der Waals surface area (Å²) < 4.78 is 43.8. The molecule has 0 bridgehead atoms. The normalized spacial score (nSPS) is 14.2. The zero-order valence-corrected chi connectivity index (χ0v) is 17.3. The van der Waals surface area contributed by atoms with E-state index in [1.54, 1.807) is 11.8 Å². The van der Waals surface area contributed by atoms with E-state index < -0.39 is 18.2 Å². The van der Waals surface area contributed by atoms with Crippen LogP contribution in [0, 0.1) is 5.82 Å². The van der Waals surface area contributed by atoms with Gasteiger partial charge >= 0.3 is 6.36 Å². The van der Waals surface area contributed by atoms with Crippen molar-refractivity contribution in [1.29, 1.82) is 0 Å². The number of carbonyl (C=O) groups excluding carboxylic acids is 1. The van der Waals surface area contributed by atoms with Crippen LogP contribution < -0.4 is 5.32 Å². The van der Waals surface area contributed by atoms with E-state index in [1.807, 2.05) is 13.8 Å². The number of hydrogen-bond donors (Lipinski definition) is 2. The highest BCUT2D eigenvalue weighted by Gasteiger charge is 2.26. The molecular formula is C19H30F4N4O2. The second-order valence-electron chi connectivity index (χ2n) is 6.22. The molecule has 1 aliphatic heterocycles. The SMILES string of the molecule is C/C=C/CC.CCCc1ncnc(N[C@H](C)C(=O)N2CCC2)c1F.OC(F)(F)F. The first-order chi connectivity index (χ1) is 13.5. The van der Waals surface area contributed by atoms with Gasteiger partial charge in [-0.25, -0.2) is 14.4 Å². The van der Waals surface area contributed by atoms with Crippen molar-refractivity contribution in [1.82, 2.24) is 14.9 Å². The maximum absolute atomic E-state index is 14.1. The molecule has 1 aliphatic rings. The summed E-state index contributed by atoms with van der Waals surface area (Å²) in [5.74, 6) is -0.353. The number of aromatic nitrogens is 2. The predicted molar refractivity (Wildman–Crippen MR) is 104 cm³/mol. The maximum Gasteiger partial charge on any atom is 0.519 e. The number of aliphatic hydroxyl groups is 1. The van der Waals surface area contributed by atoms with Gasteiger partial charge in [0.2, 0.25) is 5.91 Å². The Morgan fingerprint density at radius 3 is 2.31 bits per heavy atom. The molecule has 6 nitrogen and oxygen atoms in total. The van der Waals surface area contributed by atoms with Crippen LogP contribution in [-0.4, -0.2) is 51.4 Å². The molecule has 10 heteroatoms. The molecule has 29 heavy (non-hydrogen) atoms. The van der Waals surface area contributed by atoms with E-state index in [4.69, 9.17) is 5.11 Å². The topological polar surface area (TPSA) is 78.4 Å². The molecule has 1 aromatic heterocycles. The van der Waals surface area contributed by atoms with Gasteiger partial charge in [0.25, 0.3) is 0 Å². The lowest BCUT2D eigenvalue weighted by Crippen LogP contribution is -2.48. The number of carbonyl (C=O) groups is 1. The summed E-state index contributed by atoms with van der Waals surface area (Å²) in [4.78, 5) is 21.5. The van der Waals surface area contributed by atoms with Crippen LogP contribution in [-0.2, 0) is 11.2 Å². The zero-order chi connectivity index (χ0) is 22.4. The molecule has 0 aromatic carbocycles. The van der Waals surface area contributed by atoms with Gasteiger partial charge in [-0.05, 0) is 33.1 Å². The van der Waals surface area contributed by atoms with Gasteiger partial charge in [0.1, 0.15) is 12.4 Å². The van der Waals surface area contributed by atoms with Gasteiger partial charge in [-0.15, -0.1) is 13.2 Å². The molecule has 1 aromatic rings. The lowest BCUT2D eigenvalue weighted by Gasteiger charge is -2.33. The van der Waals surface area contributed by atoms with Crippen molar-refractivity contribution in [2.45, 2.75) is 65.8 Å². The van der Waals surface area contributed by atoms with Crippen LogP contribution in [0.15, 0.2) is 18.5 Å². The monoisotopic (exact) mass is 422 g/mol. The van der Waals surface area contributed by atoms with Crippen molar-refractivity contribution in [3.8, 4) is 0 Å². The smallest absolute Gasteiger partial charge is 0.356 e. The summed E-state index contributed by atoms with van der Waals surface area (Å²) in [7, 11) is 0. The number of anilines is 1. The minimum Gasteiger partial charge on any atom is -0.356 e. The molecule has 166 valence electrons. The molecule has 1 amide bonds. The third-order valence-corrected chi connectivity index (χ3v) is 3.71. The number of rotatable bonds is 6. The molecule has 2 heterocycles. The molecule has 0 unspecified atom stereocenters. The molecule has 1 atom stereocenters. The number of amides is 1. The van der Waals surface area contributed by atoms with E-state index in [1.165, 1.54) is 6.33 Å². The van der Waals surface area contributed by atoms with Gasteiger partial charge in [-0.2, -0.15) is 0 Å². The van der Waals surface area contributed by atoms with Gasteiger partial charge in [0.15, 0.2) is 11.6 Å². The van der Waals surface area contributed by atoms with Crippen LogP contribution in [0.25, 0.3) is 0 Å². The van der Waals surface area contributed by atoms with Gasteiger partial charge in [-0.1, -0.05) is 32.4 Å². The van der Waals surface area contributed by atoms with Gasteiger partial charge in [-0.3, -0.25) is 4.79 Å². The Morgan fingerprint density at radius 1 is 1.34 bits per heavy atom. The Labute approximate surface area is 169 Å². The minimum absolute atomic E-state index is 0.0127. The van der Waals surface area contributed by atoms with Crippen molar-refractivity contribution in [2.75, 3.05) is 18.4 Å². The van der Waals surface area contributed by atoms with Crippen molar-refractivity contribution in [2.24, 2.45) is 0 Å². The molecule has 0 spiro atoms. The number of nitrogens with zero attached hydrogens (tertiary/aromatic N) is 3. The lowest BCUT2D eigenvalue weighted by molar-refractivity contribution is -0.295. The number of likely N-dealkylation sites (tertiary alicyclic amines) is 1. The third kappa shape index (κ3) is 12.0. The molecule has 0 saturated carbocycles. The summed E-state index contributed by atoms with van der Waals surface area (Å²) >= 11 is 0. The van der Waals surface area contributed by atoms with Gasteiger partial charge < -0.3 is 15.3 Å². The molecule has 2 N–H and O–H groups in total. The van der Waals surface area contributed by atoms with E-state index >= 15 is 0 Å². The number of hydrogen-bond acceptors (Lipinski definition) is 5. The fourth-order valence-corrected chi connectivity index (χ4v) is 2.23. The van der Waals surface area contributed by atoms with E-state index in [0.29, 0.717) is 12.1 Å². The fourth-order valence-electron chi connectivity index (χ4n) is 2.23. The molecular weight excluding hydrogens is 392 g/mol. The van der Waals surface area contributed by atoms with E-state index in [2.05, 4.69) is 34.4 Å². The van der Waals surface area contributed by atoms with E-state index in [-0.39, 0.29) is 11.7 Å². The Balaban J connectivity index is 0.000000653. The van der Waals surface area contributed by atoms with Gasteiger partial charge in [0.05, 0.1) is 5.69 Å². The third-order valence-electron chi connectivity index (χ3n) is 3.71. The number of nitrogens with one attached hydrogen (secondary N) is 1. The van der Waals surface area contributed by atoms with Crippen LogP contribution in [0.4, 0.5) is 23.4 Å². The predicted octanol–water partition coefficient (Wildman–Crippen LogP) is 4.07. The van der Waals surface area contributed by atoms with Crippen LogP contribution in [0.5, 0.6) is 0 Å². The Hall–Kier alpha value is -2.23. The second kappa shape index (κ2) is 13.9. The molecule has 1 saturated heterocycles. The highest BCUT2D eigenvalue weighted by atomic mass is 19.4. The summed E-state index contributed by atoms with van der Waals surface area (Å²) in [6.07, 6.45) is 4.10. The quantitative estimate of drug-likeness (QED) is 0.534. The number of halogens is 4. The average molecular weight is 422 g/mol. The molecule has 0 radical (unpaired) electrons. The highest BCUT2D eigenvalue weighted by Crippen LogP contribution is 2.16. The Bertz CT molecular complexity index is 629. The maximum atomic E-state index is 14.1. The summed E-state index contributed by atoms with van der Waals surface area (Å²) in [5.41, 5.74) is 0.392. The van der Waals surface area contributed by atoms with Crippen LogP contribution in [0.1, 0.15) is 52.7 Å². The van der Waals surface area contributed by atoms with E-state index in [9.17, 15) is 22.4 Å². The minimum atomic E-state index is -5.00. The second-order valence-corrected chi connectivity index (χ2v) is 6.22. The summed E-state index contributed by atoms with van der Waals surface area (Å²) in [5, 5.41) is 9.36. The zero-order valence-electron chi connectivity index (χ0n) is 17.3. The van der Waals surface area contributed by atoms with E-state index in [0.717, 1.165) is 32.4 Å². The van der Waals surface area contributed by atoms with Crippen molar-refractivity contribution in [3.63, 3.8) is 0 Å². The van der Waals surface area contributed by atoms with Crippen molar-refractivity contribution < 1.29 is 27.5 Å². The number of aryl methyl sites for hydroxylation is 1. The Morgan fingerprint density at radius 2 is 1.93 bits per heavy atom. The molecule has 2 rings (SSSR count). The first-order valence-corrected chi connectivity index (χ1v) is 9.49. The number of alkyl halides is 3. The highest BCUT2D eigenvalue weighted by molar-refractivity contribution is 5.84. The summed E-state index contributed by atoms with van der Waals surface area (Å²) in [6.45, 7) is 9.42. The average Bonchev–Trinajstić information content (AvgIpc) is 2.57. The van der Waals surface area contributed by atoms with Crippen LogP contribution in [0.2, 0.25) is 0 Å². The molecule has 0 aliphatic carbocycles. The summed E-state index contributed by atoms with van der Waals surface area (Å²) in [6, 6.07) is -0.473. The first-order valence-electron chi connectivity index (χ1n) is 9.49. The number of allylic oxidation sites excluding steroid dienone is 2. The van der Waals surface area contributed by atoms with Crippen LogP contribution >= 0.6 is 0 Å². The lowest BCUT2D eigenvalue weighted by atomic mass is 10.1.